The van der Waals surface area contributed by atoms with Gasteiger partial charge in [0.15, 0.2) is 0 Å². The zero-order valence-corrected chi connectivity index (χ0v) is 17.8. The second kappa shape index (κ2) is 12.4. The van der Waals surface area contributed by atoms with Crippen LogP contribution in [0.25, 0.3) is 0 Å². The Morgan fingerprint density at radius 2 is 1.84 bits per heavy atom. The Kier molecular flexibility index (Phi) is 9.58. The van der Waals surface area contributed by atoms with Gasteiger partial charge >= 0.3 is 12.1 Å². The van der Waals surface area contributed by atoms with Crippen LogP contribution in [0, 0.1) is 12.8 Å². The minimum absolute atomic E-state index is 0.120. The van der Waals surface area contributed by atoms with Gasteiger partial charge in [-0.25, -0.2) is 9.59 Å². The number of carboxylic acids is 1. The molecule has 1 amide bonds. The zero-order chi connectivity index (χ0) is 22.6. The lowest BCUT2D eigenvalue weighted by Crippen LogP contribution is -2.22. The van der Waals surface area contributed by atoms with Crippen LogP contribution in [0.3, 0.4) is 0 Å². The smallest absolute Gasteiger partial charge is 0.412 e. The second-order valence-corrected chi connectivity index (χ2v) is 7.22. The molecular formula is C24H29NO6. The van der Waals surface area contributed by atoms with Crippen molar-refractivity contribution in [3.8, 4) is 5.75 Å². The largest absolute Gasteiger partial charge is 0.491 e. The molecule has 0 heterocycles. The van der Waals surface area contributed by atoms with E-state index in [1.807, 2.05) is 38.1 Å². The van der Waals surface area contributed by atoms with Crippen LogP contribution in [0.2, 0.25) is 0 Å². The minimum atomic E-state index is -0.999. The fourth-order valence-corrected chi connectivity index (χ4v) is 3.08. The van der Waals surface area contributed by atoms with Crippen molar-refractivity contribution in [2.75, 3.05) is 18.5 Å². The van der Waals surface area contributed by atoms with E-state index in [4.69, 9.17) is 19.7 Å². The van der Waals surface area contributed by atoms with E-state index in [1.54, 1.807) is 30.3 Å². The molecule has 0 fully saturated rings. The van der Waals surface area contributed by atoms with Crippen molar-refractivity contribution >= 4 is 17.7 Å². The van der Waals surface area contributed by atoms with E-state index in [-0.39, 0.29) is 19.1 Å². The molecular weight excluding hydrogens is 398 g/mol. The Morgan fingerprint density at radius 1 is 1.13 bits per heavy atom. The number of benzene rings is 2. The SMILES string of the molecule is Cc1ccc(NC(=O)O[C@H](c2ccccc2OCCO)[C@H](C)CC/C=C/C(=O)O)cc1. The second-order valence-electron chi connectivity index (χ2n) is 7.22. The van der Waals surface area contributed by atoms with Crippen LogP contribution in [0.5, 0.6) is 5.75 Å². The quantitative estimate of drug-likeness (QED) is 0.449. The molecule has 0 aliphatic heterocycles. The Bertz CT molecular complexity index is 878. The highest BCUT2D eigenvalue weighted by Gasteiger charge is 2.26. The van der Waals surface area contributed by atoms with Crippen LogP contribution < -0.4 is 10.1 Å². The van der Waals surface area contributed by atoms with Crippen LogP contribution in [-0.2, 0) is 9.53 Å². The lowest BCUT2D eigenvalue weighted by atomic mass is 9.92. The summed E-state index contributed by atoms with van der Waals surface area (Å²) in [6.45, 7) is 3.88. The highest BCUT2D eigenvalue weighted by atomic mass is 16.6. The Labute approximate surface area is 182 Å². The van der Waals surface area contributed by atoms with Crippen molar-refractivity contribution in [3.05, 3.63) is 71.8 Å². The summed E-state index contributed by atoms with van der Waals surface area (Å²) in [6, 6.07) is 14.6. The van der Waals surface area contributed by atoms with Gasteiger partial charge in [0.1, 0.15) is 18.5 Å². The van der Waals surface area contributed by atoms with Crippen molar-refractivity contribution in [3.63, 3.8) is 0 Å². The van der Waals surface area contributed by atoms with Gasteiger partial charge in [-0.3, -0.25) is 5.32 Å². The number of rotatable bonds is 11. The van der Waals surface area contributed by atoms with Crippen molar-refractivity contribution in [2.24, 2.45) is 5.92 Å². The number of aliphatic hydroxyl groups excluding tert-OH is 1. The summed E-state index contributed by atoms with van der Waals surface area (Å²) >= 11 is 0. The van der Waals surface area contributed by atoms with Gasteiger partial charge in [0.05, 0.1) is 6.61 Å². The first-order valence-corrected chi connectivity index (χ1v) is 10.2. The van der Waals surface area contributed by atoms with Gasteiger partial charge in [-0.1, -0.05) is 48.9 Å². The van der Waals surface area contributed by atoms with Crippen molar-refractivity contribution in [1.82, 2.24) is 0 Å². The molecule has 0 bridgehead atoms. The lowest BCUT2D eigenvalue weighted by molar-refractivity contribution is -0.131. The van der Waals surface area contributed by atoms with Gasteiger partial charge in [-0.2, -0.15) is 0 Å². The molecule has 7 nitrogen and oxygen atoms in total. The summed E-state index contributed by atoms with van der Waals surface area (Å²) in [4.78, 5) is 23.3. The number of nitrogens with one attached hydrogen (secondary N) is 1. The van der Waals surface area contributed by atoms with Crippen LogP contribution >= 0.6 is 0 Å². The van der Waals surface area contributed by atoms with Crippen molar-refractivity contribution in [2.45, 2.75) is 32.8 Å². The molecule has 0 unspecified atom stereocenters. The number of hydrogen-bond acceptors (Lipinski definition) is 5. The Morgan fingerprint density at radius 3 is 2.52 bits per heavy atom. The fraction of sp³-hybridized carbons (Fsp3) is 0.333. The number of para-hydroxylation sites is 1. The summed E-state index contributed by atoms with van der Waals surface area (Å²) in [5.41, 5.74) is 2.38. The molecule has 2 atom stereocenters. The molecule has 7 heteroatoms. The molecule has 2 aromatic carbocycles. The molecule has 2 aromatic rings. The molecule has 2 rings (SSSR count). The molecule has 0 saturated heterocycles. The number of hydrogen-bond donors (Lipinski definition) is 3. The molecule has 0 aromatic heterocycles. The van der Waals surface area contributed by atoms with E-state index in [9.17, 15) is 9.59 Å². The number of ether oxygens (including phenoxy) is 2. The number of aliphatic hydroxyl groups is 1. The van der Waals surface area contributed by atoms with Crippen molar-refractivity contribution in [1.29, 1.82) is 0 Å². The summed E-state index contributed by atoms with van der Waals surface area (Å²) in [5.74, 6) is -0.598. The molecule has 0 radical (unpaired) electrons. The van der Waals surface area contributed by atoms with E-state index in [0.29, 0.717) is 29.8 Å². The predicted octanol–water partition coefficient (Wildman–Crippen LogP) is 4.71. The van der Waals surface area contributed by atoms with E-state index < -0.39 is 18.2 Å². The van der Waals surface area contributed by atoms with Gasteiger partial charge in [0.2, 0.25) is 0 Å². The Hall–Kier alpha value is -3.32. The number of carboxylic acid groups (broad SMARTS) is 1. The first kappa shape index (κ1) is 24.0. The average Bonchev–Trinajstić information content (AvgIpc) is 2.75. The van der Waals surface area contributed by atoms with Crippen LogP contribution in [0.15, 0.2) is 60.7 Å². The summed E-state index contributed by atoms with van der Waals surface area (Å²) in [5, 5.41) is 20.6. The summed E-state index contributed by atoms with van der Waals surface area (Å²) in [7, 11) is 0. The third-order valence-electron chi connectivity index (χ3n) is 4.67. The predicted molar refractivity (Wildman–Crippen MR) is 118 cm³/mol. The average molecular weight is 427 g/mol. The van der Waals surface area contributed by atoms with E-state index in [2.05, 4.69) is 5.32 Å². The fourth-order valence-electron chi connectivity index (χ4n) is 3.08. The van der Waals surface area contributed by atoms with Crippen LogP contribution in [-0.4, -0.2) is 35.5 Å². The molecule has 31 heavy (non-hydrogen) atoms. The maximum absolute atomic E-state index is 12.6. The van der Waals surface area contributed by atoms with Gasteiger partial charge in [-0.15, -0.1) is 0 Å². The molecule has 166 valence electrons. The molecule has 0 spiro atoms. The minimum Gasteiger partial charge on any atom is -0.491 e. The van der Waals surface area contributed by atoms with Gasteiger partial charge in [-0.05, 0) is 43.9 Å². The van der Waals surface area contributed by atoms with Crippen LogP contribution in [0.1, 0.15) is 37.0 Å². The number of carbonyl (C=O) groups is 2. The number of allylic oxidation sites excluding steroid dienone is 1. The number of amides is 1. The third-order valence-corrected chi connectivity index (χ3v) is 4.67. The standard InChI is InChI=1S/C24H29NO6/c1-17-11-13-19(14-12-17)25-24(29)31-23(18(2)7-3-6-10-22(27)28)20-8-4-5-9-21(20)30-16-15-26/h4-6,8-14,18,23,26H,3,7,15-16H2,1-2H3,(H,25,29)(H,27,28)/b10-6+/t18-,23+/m1/s1. The zero-order valence-electron chi connectivity index (χ0n) is 17.8. The summed E-state index contributed by atoms with van der Waals surface area (Å²) in [6.07, 6.45) is 2.58. The van der Waals surface area contributed by atoms with Gasteiger partial charge in [0.25, 0.3) is 0 Å². The van der Waals surface area contributed by atoms with Crippen LogP contribution in [0.4, 0.5) is 10.5 Å². The first-order chi connectivity index (χ1) is 14.9. The highest BCUT2D eigenvalue weighted by Crippen LogP contribution is 2.35. The van der Waals surface area contributed by atoms with E-state index in [0.717, 1.165) is 11.6 Å². The van der Waals surface area contributed by atoms with E-state index >= 15 is 0 Å². The maximum atomic E-state index is 12.6. The molecule has 3 N–H and O–H groups in total. The first-order valence-electron chi connectivity index (χ1n) is 10.2. The number of aliphatic carboxylic acids is 1. The normalized spacial score (nSPS) is 12.9. The van der Waals surface area contributed by atoms with Gasteiger partial charge < -0.3 is 19.7 Å². The maximum Gasteiger partial charge on any atom is 0.412 e. The number of anilines is 1. The lowest BCUT2D eigenvalue weighted by Gasteiger charge is -2.26. The highest BCUT2D eigenvalue weighted by molar-refractivity contribution is 5.84. The number of aryl methyl sites for hydroxylation is 1. The molecule has 0 aliphatic carbocycles. The topological polar surface area (TPSA) is 105 Å². The summed E-state index contributed by atoms with van der Waals surface area (Å²) < 4.78 is 11.4. The number of carbonyl (C=O) groups excluding carboxylic acids is 1. The molecule has 0 saturated carbocycles. The third kappa shape index (κ3) is 8.14. The van der Waals surface area contributed by atoms with Gasteiger partial charge in [0, 0.05) is 17.3 Å². The monoisotopic (exact) mass is 427 g/mol. The molecule has 0 aliphatic rings. The van der Waals surface area contributed by atoms with E-state index in [1.165, 1.54) is 0 Å². The van der Waals surface area contributed by atoms with Crippen molar-refractivity contribution < 1.29 is 29.3 Å². The Balaban J connectivity index is 2.19.